The predicted octanol–water partition coefficient (Wildman–Crippen LogP) is 3.86. The largest absolute Gasteiger partial charge is 0.476 e. The Kier molecular flexibility index (Phi) is 6.45. The molecule has 3 nitrogen and oxygen atoms in total. The first-order valence-corrected chi connectivity index (χ1v) is 6.66. The third-order valence-electron chi connectivity index (χ3n) is 2.69. The minimum absolute atomic E-state index is 0.522. The highest BCUT2D eigenvalue weighted by molar-refractivity contribution is 5.52. The number of ether oxygens (including phenoxy) is 1. The minimum atomic E-state index is 0.522. The van der Waals surface area contributed by atoms with E-state index in [2.05, 4.69) is 24.1 Å². The van der Waals surface area contributed by atoms with E-state index < -0.39 is 0 Å². The van der Waals surface area contributed by atoms with Crippen LogP contribution in [0.2, 0.25) is 0 Å². The zero-order valence-electron chi connectivity index (χ0n) is 11.2. The Hall–Kier alpha value is -1.25. The molecule has 0 aliphatic carbocycles. The van der Waals surface area contributed by atoms with E-state index in [0.29, 0.717) is 18.5 Å². The number of nitrogens with one attached hydrogen (secondary N) is 1. The van der Waals surface area contributed by atoms with Gasteiger partial charge in [-0.25, -0.2) is 4.98 Å². The molecule has 0 spiro atoms. The number of rotatable bonds is 8. The second-order valence-corrected chi connectivity index (χ2v) is 4.21. The molecule has 0 aromatic carbocycles. The number of aromatic nitrogens is 1. The molecule has 0 aliphatic rings. The van der Waals surface area contributed by atoms with E-state index in [1.165, 1.54) is 25.7 Å². The number of anilines is 1. The first kappa shape index (κ1) is 13.8. The summed E-state index contributed by atoms with van der Waals surface area (Å²) >= 11 is 0. The molecule has 0 bridgehead atoms. The number of pyridine rings is 1. The van der Waals surface area contributed by atoms with E-state index in [-0.39, 0.29) is 0 Å². The quantitative estimate of drug-likeness (QED) is 0.744. The van der Waals surface area contributed by atoms with Crippen LogP contribution in [0.25, 0.3) is 0 Å². The van der Waals surface area contributed by atoms with E-state index in [4.69, 9.17) is 4.74 Å². The summed E-state index contributed by atoms with van der Waals surface area (Å²) < 4.78 is 5.52. The van der Waals surface area contributed by atoms with Crippen molar-refractivity contribution in [3.63, 3.8) is 0 Å². The highest BCUT2D eigenvalue weighted by Gasteiger charge is 2.10. The van der Waals surface area contributed by atoms with Gasteiger partial charge in [0.2, 0.25) is 5.88 Å². The lowest BCUT2D eigenvalue weighted by Crippen LogP contribution is -2.19. The molecule has 0 saturated carbocycles. The van der Waals surface area contributed by atoms with Gasteiger partial charge in [-0.1, -0.05) is 26.7 Å². The maximum Gasteiger partial charge on any atom is 0.237 e. The van der Waals surface area contributed by atoms with Gasteiger partial charge in [-0.3, -0.25) is 0 Å². The summed E-state index contributed by atoms with van der Waals surface area (Å²) in [5.74, 6) is 0.715. The average molecular weight is 236 g/mol. The van der Waals surface area contributed by atoms with Gasteiger partial charge in [-0.05, 0) is 31.9 Å². The normalized spacial score (nSPS) is 10.6. The molecule has 0 aliphatic heterocycles. The lowest BCUT2D eigenvalue weighted by atomic mass is 10.1. The van der Waals surface area contributed by atoms with Crippen LogP contribution in [-0.4, -0.2) is 17.6 Å². The summed E-state index contributed by atoms with van der Waals surface area (Å²) in [7, 11) is 0. The van der Waals surface area contributed by atoms with Crippen LogP contribution in [0.3, 0.4) is 0 Å². The molecule has 0 radical (unpaired) electrons. The van der Waals surface area contributed by atoms with E-state index >= 15 is 0 Å². The summed E-state index contributed by atoms with van der Waals surface area (Å²) in [6.45, 7) is 7.07. The van der Waals surface area contributed by atoms with Gasteiger partial charge in [0.25, 0.3) is 0 Å². The highest BCUT2D eigenvalue weighted by Crippen LogP contribution is 2.23. The van der Waals surface area contributed by atoms with Crippen LogP contribution in [0, 0.1) is 0 Å². The van der Waals surface area contributed by atoms with Crippen LogP contribution < -0.4 is 10.1 Å². The highest BCUT2D eigenvalue weighted by atomic mass is 16.5. The number of nitrogens with zero attached hydrogens (tertiary/aromatic N) is 1. The van der Waals surface area contributed by atoms with Gasteiger partial charge < -0.3 is 10.1 Å². The predicted molar refractivity (Wildman–Crippen MR) is 72.6 cm³/mol. The van der Waals surface area contributed by atoms with Crippen LogP contribution >= 0.6 is 0 Å². The van der Waals surface area contributed by atoms with Gasteiger partial charge in [0.05, 0.1) is 12.3 Å². The molecule has 0 amide bonds. The Morgan fingerprint density at radius 3 is 2.53 bits per heavy atom. The fourth-order valence-corrected chi connectivity index (χ4v) is 1.96. The van der Waals surface area contributed by atoms with Crippen molar-refractivity contribution < 1.29 is 4.74 Å². The van der Waals surface area contributed by atoms with E-state index in [9.17, 15) is 0 Å². The second kappa shape index (κ2) is 7.93. The maximum absolute atomic E-state index is 5.52. The molecular weight excluding hydrogens is 212 g/mol. The maximum atomic E-state index is 5.52. The molecule has 1 N–H and O–H groups in total. The fraction of sp³-hybridized carbons (Fsp3) is 0.643. The molecule has 0 unspecified atom stereocenters. The van der Waals surface area contributed by atoms with Crippen molar-refractivity contribution in [1.82, 2.24) is 4.98 Å². The smallest absolute Gasteiger partial charge is 0.237 e. The third-order valence-corrected chi connectivity index (χ3v) is 2.69. The lowest BCUT2D eigenvalue weighted by Gasteiger charge is -2.20. The number of hydrogen-bond donors (Lipinski definition) is 1. The Balaban J connectivity index is 2.69. The fourth-order valence-electron chi connectivity index (χ4n) is 1.96. The van der Waals surface area contributed by atoms with Crippen molar-refractivity contribution in [2.24, 2.45) is 0 Å². The van der Waals surface area contributed by atoms with Crippen molar-refractivity contribution in [3.05, 3.63) is 18.3 Å². The summed E-state index contributed by atoms with van der Waals surface area (Å²) in [5.41, 5.74) is 1.02. The summed E-state index contributed by atoms with van der Waals surface area (Å²) in [6, 6.07) is 4.50. The monoisotopic (exact) mass is 236 g/mol. The molecule has 1 aromatic rings. The van der Waals surface area contributed by atoms with Gasteiger partial charge >= 0.3 is 0 Å². The molecule has 1 rings (SSSR count). The van der Waals surface area contributed by atoms with Crippen molar-refractivity contribution in [3.8, 4) is 5.88 Å². The Bertz CT molecular complexity index is 309. The van der Waals surface area contributed by atoms with Crippen molar-refractivity contribution in [1.29, 1.82) is 0 Å². The molecular formula is C14H24N2O. The van der Waals surface area contributed by atoms with Crippen molar-refractivity contribution in [2.75, 3.05) is 11.9 Å². The first-order valence-electron chi connectivity index (χ1n) is 6.66. The standard InChI is InChI=1S/C14H24N2O/c1-4-8-12(9-5-2)16-13-10-7-11-15-14(13)17-6-3/h7,10-12,16H,4-6,8-9H2,1-3H3. The van der Waals surface area contributed by atoms with Crippen LogP contribution in [-0.2, 0) is 0 Å². The van der Waals surface area contributed by atoms with Gasteiger partial charge in [0, 0.05) is 12.2 Å². The van der Waals surface area contributed by atoms with E-state index in [1.807, 2.05) is 19.1 Å². The summed E-state index contributed by atoms with van der Waals surface area (Å²) in [6.07, 6.45) is 6.54. The van der Waals surface area contributed by atoms with Gasteiger partial charge in [0.15, 0.2) is 0 Å². The molecule has 1 aromatic heterocycles. The molecule has 96 valence electrons. The van der Waals surface area contributed by atoms with Crippen molar-refractivity contribution >= 4 is 5.69 Å². The summed E-state index contributed by atoms with van der Waals surface area (Å²) in [4.78, 5) is 4.26. The SMILES string of the molecule is CCCC(CCC)Nc1cccnc1OCC. The Morgan fingerprint density at radius 1 is 1.24 bits per heavy atom. The first-order chi connectivity index (χ1) is 8.31. The second-order valence-electron chi connectivity index (χ2n) is 4.21. The Morgan fingerprint density at radius 2 is 1.94 bits per heavy atom. The van der Waals surface area contributed by atoms with Crippen LogP contribution in [0.1, 0.15) is 46.5 Å². The van der Waals surface area contributed by atoms with Crippen LogP contribution in [0.15, 0.2) is 18.3 Å². The van der Waals surface area contributed by atoms with Gasteiger partial charge in [-0.15, -0.1) is 0 Å². The Labute approximate surface area is 105 Å². The van der Waals surface area contributed by atoms with Gasteiger partial charge in [0.1, 0.15) is 0 Å². The van der Waals surface area contributed by atoms with E-state index in [0.717, 1.165) is 5.69 Å². The topological polar surface area (TPSA) is 34.2 Å². The van der Waals surface area contributed by atoms with Crippen molar-refractivity contribution in [2.45, 2.75) is 52.5 Å². The zero-order valence-corrected chi connectivity index (χ0v) is 11.2. The summed E-state index contributed by atoms with van der Waals surface area (Å²) in [5, 5.41) is 3.55. The van der Waals surface area contributed by atoms with Gasteiger partial charge in [-0.2, -0.15) is 0 Å². The third kappa shape index (κ3) is 4.63. The lowest BCUT2D eigenvalue weighted by molar-refractivity contribution is 0.328. The molecule has 3 heteroatoms. The van der Waals surface area contributed by atoms with Crippen LogP contribution in [0.5, 0.6) is 5.88 Å². The minimum Gasteiger partial charge on any atom is -0.476 e. The van der Waals surface area contributed by atoms with E-state index in [1.54, 1.807) is 6.20 Å². The average Bonchev–Trinajstić information content (AvgIpc) is 2.33. The molecule has 17 heavy (non-hydrogen) atoms. The zero-order chi connectivity index (χ0) is 12.5. The van der Waals surface area contributed by atoms with Crippen LogP contribution in [0.4, 0.5) is 5.69 Å². The molecule has 0 saturated heterocycles. The molecule has 1 heterocycles. The number of hydrogen-bond acceptors (Lipinski definition) is 3. The molecule has 0 fully saturated rings. The molecule has 0 atom stereocenters.